The predicted octanol–water partition coefficient (Wildman–Crippen LogP) is 4.33. The minimum Gasteiger partial charge on any atom is -0.425 e. The highest BCUT2D eigenvalue weighted by Crippen LogP contribution is 2.36. The molecule has 0 saturated heterocycles. The van der Waals surface area contributed by atoms with Crippen molar-refractivity contribution >= 4 is 33.1 Å². The molecule has 0 N–H and O–H groups in total. The number of para-hydroxylation sites is 2. The zero-order valence-electron chi connectivity index (χ0n) is 8.44. The Morgan fingerprint density at radius 1 is 0.625 bits per heavy atom. The zero-order valence-corrected chi connectivity index (χ0v) is 8.44. The lowest BCUT2D eigenvalue weighted by Crippen LogP contribution is -1.65. The van der Waals surface area contributed by atoms with Gasteiger partial charge in [0.15, 0.2) is 0 Å². The second kappa shape index (κ2) is 2.67. The van der Waals surface area contributed by atoms with Gasteiger partial charge in [0.05, 0.1) is 5.39 Å². The van der Waals surface area contributed by atoms with E-state index in [4.69, 9.17) is 8.83 Å². The van der Waals surface area contributed by atoms with Crippen LogP contribution in [0.25, 0.3) is 33.1 Å². The van der Waals surface area contributed by atoms with Crippen molar-refractivity contribution in [1.29, 1.82) is 0 Å². The van der Waals surface area contributed by atoms with Crippen molar-refractivity contribution in [2.75, 3.05) is 0 Å². The molecule has 16 heavy (non-hydrogen) atoms. The van der Waals surface area contributed by atoms with Gasteiger partial charge in [-0.25, -0.2) is 0 Å². The van der Waals surface area contributed by atoms with Crippen molar-refractivity contribution in [3.05, 3.63) is 48.5 Å². The van der Waals surface area contributed by atoms with Crippen molar-refractivity contribution < 1.29 is 8.83 Å². The highest BCUT2D eigenvalue weighted by molar-refractivity contribution is 6.17. The number of benzene rings is 2. The highest BCUT2D eigenvalue weighted by Gasteiger charge is 2.13. The van der Waals surface area contributed by atoms with E-state index in [2.05, 4.69) is 12.1 Å². The zero-order chi connectivity index (χ0) is 10.5. The molecule has 4 aromatic rings. The Morgan fingerprint density at radius 2 is 1.12 bits per heavy atom. The summed E-state index contributed by atoms with van der Waals surface area (Å²) in [5.41, 5.74) is 1.75. The van der Waals surface area contributed by atoms with Gasteiger partial charge in [-0.05, 0) is 12.1 Å². The standard InChI is InChI=1S/C14H8O2/c1-3-7-11-9(5-1)13-10-6-2-4-8-12(10)16-14(13)15-11/h1-8H. The van der Waals surface area contributed by atoms with Gasteiger partial charge >= 0.3 is 0 Å². The van der Waals surface area contributed by atoms with Crippen LogP contribution in [-0.4, -0.2) is 0 Å². The summed E-state index contributed by atoms with van der Waals surface area (Å²) >= 11 is 0. The number of rotatable bonds is 0. The van der Waals surface area contributed by atoms with Crippen LogP contribution < -0.4 is 0 Å². The molecule has 2 aromatic heterocycles. The Kier molecular flexibility index (Phi) is 1.33. The number of fused-ring (bicyclic) bond motifs is 5. The molecule has 0 saturated carbocycles. The fourth-order valence-electron chi connectivity index (χ4n) is 2.21. The Morgan fingerprint density at radius 3 is 1.69 bits per heavy atom. The number of hydrogen-bond donors (Lipinski definition) is 0. The molecule has 2 aromatic carbocycles. The molecule has 0 radical (unpaired) electrons. The van der Waals surface area contributed by atoms with E-state index >= 15 is 0 Å². The summed E-state index contributed by atoms with van der Waals surface area (Å²) in [5.74, 6) is 0.613. The molecule has 2 heteroatoms. The average Bonchev–Trinajstić information content (AvgIpc) is 2.83. The maximum absolute atomic E-state index is 5.67. The molecular formula is C14H8O2. The fourth-order valence-corrected chi connectivity index (χ4v) is 2.21. The topological polar surface area (TPSA) is 26.3 Å². The molecule has 76 valence electrons. The third-order valence-electron chi connectivity index (χ3n) is 2.92. The first kappa shape index (κ1) is 7.99. The van der Waals surface area contributed by atoms with Crippen LogP contribution in [-0.2, 0) is 0 Å². The van der Waals surface area contributed by atoms with Gasteiger partial charge in [0.25, 0.3) is 5.78 Å². The summed E-state index contributed by atoms with van der Waals surface area (Å²) in [7, 11) is 0. The molecule has 0 aliphatic heterocycles. The van der Waals surface area contributed by atoms with E-state index in [0.29, 0.717) is 5.78 Å². The first-order valence-corrected chi connectivity index (χ1v) is 5.22. The SMILES string of the molecule is c1ccc2c(c1)oc1oc3ccccc3c12. The summed E-state index contributed by atoms with van der Waals surface area (Å²) in [5, 5.41) is 3.30. The van der Waals surface area contributed by atoms with Crippen molar-refractivity contribution in [3.63, 3.8) is 0 Å². The van der Waals surface area contributed by atoms with Crippen molar-refractivity contribution in [2.45, 2.75) is 0 Å². The normalized spacial score (nSPS) is 11.8. The Balaban J connectivity index is 2.38. The van der Waals surface area contributed by atoms with Crippen molar-refractivity contribution in [2.24, 2.45) is 0 Å². The minimum atomic E-state index is 0.613. The molecule has 0 bridgehead atoms. The van der Waals surface area contributed by atoms with Crippen molar-refractivity contribution in [3.8, 4) is 0 Å². The molecule has 4 rings (SSSR count). The van der Waals surface area contributed by atoms with Gasteiger partial charge in [0.1, 0.15) is 11.2 Å². The van der Waals surface area contributed by atoms with E-state index < -0.39 is 0 Å². The lowest BCUT2D eigenvalue weighted by Gasteiger charge is -1.88. The predicted molar refractivity (Wildman–Crippen MR) is 63.5 cm³/mol. The van der Waals surface area contributed by atoms with Crippen LogP contribution in [0.2, 0.25) is 0 Å². The molecule has 2 nitrogen and oxygen atoms in total. The molecule has 0 unspecified atom stereocenters. The second-order valence-corrected chi connectivity index (χ2v) is 3.86. The first-order valence-electron chi connectivity index (χ1n) is 5.22. The van der Waals surface area contributed by atoms with E-state index in [1.165, 1.54) is 0 Å². The lowest BCUT2D eigenvalue weighted by molar-refractivity contribution is 0.524. The van der Waals surface area contributed by atoms with Gasteiger partial charge in [-0.3, -0.25) is 0 Å². The van der Waals surface area contributed by atoms with Gasteiger partial charge in [-0.15, -0.1) is 0 Å². The van der Waals surface area contributed by atoms with E-state index in [9.17, 15) is 0 Å². The second-order valence-electron chi connectivity index (χ2n) is 3.86. The summed E-state index contributed by atoms with van der Waals surface area (Å²) < 4.78 is 11.3. The lowest BCUT2D eigenvalue weighted by atomic mass is 10.1. The minimum absolute atomic E-state index is 0.613. The molecule has 0 atom stereocenters. The van der Waals surface area contributed by atoms with E-state index in [-0.39, 0.29) is 0 Å². The molecule has 2 heterocycles. The van der Waals surface area contributed by atoms with Crippen LogP contribution in [0.1, 0.15) is 0 Å². The number of hydrogen-bond acceptors (Lipinski definition) is 2. The van der Waals surface area contributed by atoms with Crippen LogP contribution in [0.3, 0.4) is 0 Å². The van der Waals surface area contributed by atoms with Crippen LogP contribution in [0.5, 0.6) is 0 Å². The Bertz CT molecular complexity index is 740. The smallest absolute Gasteiger partial charge is 0.299 e. The Hall–Kier alpha value is -2.22. The van der Waals surface area contributed by atoms with Gasteiger partial charge in [0.2, 0.25) is 0 Å². The van der Waals surface area contributed by atoms with Crippen LogP contribution in [0, 0.1) is 0 Å². The third-order valence-corrected chi connectivity index (χ3v) is 2.92. The maximum atomic E-state index is 5.67. The fraction of sp³-hybridized carbons (Fsp3) is 0. The molecule has 0 aliphatic carbocycles. The van der Waals surface area contributed by atoms with Gasteiger partial charge in [0, 0.05) is 10.8 Å². The average molecular weight is 208 g/mol. The molecule has 0 spiro atoms. The van der Waals surface area contributed by atoms with E-state index in [0.717, 1.165) is 27.3 Å². The quantitative estimate of drug-likeness (QED) is 0.430. The summed E-state index contributed by atoms with van der Waals surface area (Å²) in [6.45, 7) is 0. The third kappa shape index (κ3) is 0.865. The number of furan rings is 2. The van der Waals surface area contributed by atoms with Crippen LogP contribution in [0.4, 0.5) is 0 Å². The monoisotopic (exact) mass is 208 g/mol. The van der Waals surface area contributed by atoms with Gasteiger partial charge in [-0.1, -0.05) is 36.4 Å². The van der Waals surface area contributed by atoms with E-state index in [1.54, 1.807) is 0 Å². The first-order chi connectivity index (χ1) is 7.93. The van der Waals surface area contributed by atoms with Gasteiger partial charge < -0.3 is 8.83 Å². The van der Waals surface area contributed by atoms with Crippen LogP contribution in [0.15, 0.2) is 57.4 Å². The molecule has 0 aliphatic rings. The molecular weight excluding hydrogens is 200 g/mol. The highest BCUT2D eigenvalue weighted by atomic mass is 16.5. The van der Waals surface area contributed by atoms with Crippen molar-refractivity contribution in [1.82, 2.24) is 0 Å². The molecule has 0 amide bonds. The summed E-state index contributed by atoms with van der Waals surface area (Å²) in [6.07, 6.45) is 0. The Labute approximate surface area is 91.1 Å². The van der Waals surface area contributed by atoms with E-state index in [1.807, 2.05) is 36.4 Å². The summed E-state index contributed by atoms with van der Waals surface area (Å²) in [6, 6.07) is 16.0. The molecule has 0 fully saturated rings. The van der Waals surface area contributed by atoms with Crippen LogP contribution >= 0.6 is 0 Å². The maximum Gasteiger partial charge on any atom is 0.299 e. The largest absolute Gasteiger partial charge is 0.425 e. The summed E-state index contributed by atoms with van der Waals surface area (Å²) in [4.78, 5) is 0. The van der Waals surface area contributed by atoms with Gasteiger partial charge in [-0.2, -0.15) is 0 Å².